The van der Waals surface area contributed by atoms with Crippen molar-refractivity contribution in [1.29, 1.82) is 0 Å². The second kappa shape index (κ2) is 17.3. The first-order valence-corrected chi connectivity index (χ1v) is 20.9. The molecule has 4 aliphatic heterocycles. The molecule has 0 aliphatic carbocycles. The van der Waals surface area contributed by atoms with Crippen molar-refractivity contribution in [3.63, 3.8) is 0 Å². The SMILES string of the molecule is CCCN1CCC2(CC1)N=c1c3c(O)c4c(O)c(C)c5c(c4c1=N2)C(=O)[C@@](C)(OC=C[C@H](OC)[C@@H](C)[C@@H](OC(C)=O)[C@H](C)[C@H](O)[C@H](C)[C@@H](O)[C@@H](C)C=CC=C(C)C(=O)N3)O5. The molecular formula is C45H60N4O11. The van der Waals surface area contributed by atoms with Crippen molar-refractivity contribution in [3.05, 3.63) is 58.0 Å². The number of fused-ring (bicyclic) bond motifs is 1. The van der Waals surface area contributed by atoms with Crippen LogP contribution in [0.4, 0.5) is 5.69 Å². The van der Waals surface area contributed by atoms with E-state index in [4.69, 9.17) is 28.9 Å². The molecule has 1 amide bonds. The van der Waals surface area contributed by atoms with E-state index in [0.29, 0.717) is 25.9 Å². The molecular weight excluding hydrogens is 773 g/mol. The Balaban J connectivity index is 1.54. The fourth-order valence-electron chi connectivity index (χ4n) is 9.04. The zero-order valence-electron chi connectivity index (χ0n) is 36.2. The summed E-state index contributed by atoms with van der Waals surface area (Å²) < 4.78 is 24.0. The first-order chi connectivity index (χ1) is 28.3. The highest BCUT2D eigenvalue weighted by atomic mass is 16.7. The van der Waals surface area contributed by atoms with Gasteiger partial charge in [0.05, 0.1) is 40.9 Å². The molecule has 0 aromatic heterocycles. The van der Waals surface area contributed by atoms with E-state index < -0.39 is 82.9 Å². The van der Waals surface area contributed by atoms with Gasteiger partial charge in [-0.15, -0.1) is 0 Å². The highest BCUT2D eigenvalue weighted by Gasteiger charge is 2.50. The van der Waals surface area contributed by atoms with E-state index in [9.17, 15) is 34.8 Å². The zero-order valence-corrected chi connectivity index (χ0v) is 36.2. The van der Waals surface area contributed by atoms with E-state index in [0.717, 1.165) is 13.0 Å². The van der Waals surface area contributed by atoms with Gasteiger partial charge in [0.2, 0.25) is 0 Å². The molecule has 4 heterocycles. The fourth-order valence-corrected chi connectivity index (χ4v) is 9.04. The number of nitrogens with zero attached hydrogens (tertiary/aromatic N) is 3. The van der Waals surface area contributed by atoms with Crippen LogP contribution < -0.4 is 20.8 Å². The molecule has 2 aromatic carbocycles. The summed E-state index contributed by atoms with van der Waals surface area (Å²) in [6.45, 7) is 17.3. The standard InChI is InChI=1S/C45H60N4O11/c1-11-18-49-19-16-45(17-20-49)47-33-30-31-38(53)27(7)41-32(30)42(55)44(9,60-41)58-21-15-29(57-10)24(4)40(59-28(8)50)26(6)37(52)25(5)36(51)22(2)13-12-14-23(3)43(56)46-35(39(31)54)34(33)48-45/h12-15,21-22,24-26,29,36-37,40,51-54H,11,16-20H2,1-10H3,(H,46,56)/t22-,24+,25+,26+,29-,36-,37+,40+,44-/m0/s1. The number of ether oxygens (including phenoxy) is 4. The molecule has 1 spiro atoms. The minimum atomic E-state index is -1.95. The number of likely N-dealkylation sites (tertiary alicyclic amines) is 1. The molecule has 1 saturated heterocycles. The number of ketones is 1. The molecule has 326 valence electrons. The van der Waals surface area contributed by atoms with Gasteiger partial charge in [-0.25, -0.2) is 0 Å². The Hall–Kier alpha value is -4.83. The Bertz CT molecular complexity index is 2260. The van der Waals surface area contributed by atoms with Gasteiger partial charge in [0, 0.05) is 87.1 Å². The maximum Gasteiger partial charge on any atom is 0.312 e. The quantitative estimate of drug-likeness (QED) is 0.213. The fraction of sp³-hybridized carbons (Fsp3) is 0.578. The summed E-state index contributed by atoms with van der Waals surface area (Å²) in [6.07, 6.45) is 6.04. The molecule has 4 aliphatic rings. The van der Waals surface area contributed by atoms with E-state index >= 15 is 0 Å². The van der Waals surface area contributed by atoms with Gasteiger partial charge in [0.1, 0.15) is 28.6 Å². The number of hydrogen-bond acceptors (Lipinski definition) is 14. The highest BCUT2D eigenvalue weighted by molar-refractivity contribution is 6.19. The van der Waals surface area contributed by atoms with Gasteiger partial charge < -0.3 is 49.6 Å². The summed E-state index contributed by atoms with van der Waals surface area (Å²) in [7, 11) is 1.47. The van der Waals surface area contributed by atoms with Gasteiger partial charge in [-0.2, -0.15) is 0 Å². The molecule has 2 aromatic rings. The van der Waals surface area contributed by atoms with E-state index in [-0.39, 0.29) is 55.4 Å². The van der Waals surface area contributed by atoms with E-state index in [1.54, 1.807) is 65.8 Å². The van der Waals surface area contributed by atoms with Gasteiger partial charge in [0.15, 0.2) is 11.4 Å². The van der Waals surface area contributed by atoms with Crippen molar-refractivity contribution in [2.45, 2.75) is 117 Å². The van der Waals surface area contributed by atoms with Gasteiger partial charge in [0.25, 0.3) is 11.7 Å². The summed E-state index contributed by atoms with van der Waals surface area (Å²) >= 11 is 0. The summed E-state index contributed by atoms with van der Waals surface area (Å²) in [4.78, 5) is 53.5. The van der Waals surface area contributed by atoms with Gasteiger partial charge in [-0.1, -0.05) is 52.8 Å². The van der Waals surface area contributed by atoms with Crippen molar-refractivity contribution in [1.82, 2.24) is 4.90 Å². The number of hydrogen-bond donors (Lipinski definition) is 5. The van der Waals surface area contributed by atoms with Crippen molar-refractivity contribution >= 4 is 34.1 Å². The van der Waals surface area contributed by atoms with Gasteiger partial charge in [-0.05, 0) is 32.9 Å². The van der Waals surface area contributed by atoms with E-state index in [1.807, 2.05) is 0 Å². The number of Topliss-reactive ketones (excluding diaryl/α,β-unsaturated/α-hetero) is 1. The minimum absolute atomic E-state index is 0.0375. The Morgan fingerprint density at radius 3 is 2.27 bits per heavy atom. The largest absolute Gasteiger partial charge is 0.507 e. The molecule has 1 fully saturated rings. The number of nitrogens with one attached hydrogen (secondary N) is 1. The second-order valence-electron chi connectivity index (χ2n) is 17.1. The smallest absolute Gasteiger partial charge is 0.312 e. The molecule has 5 N–H and O–H groups in total. The van der Waals surface area contributed by atoms with Crippen molar-refractivity contribution in [2.24, 2.45) is 33.7 Å². The van der Waals surface area contributed by atoms with E-state index in [2.05, 4.69) is 17.1 Å². The van der Waals surface area contributed by atoms with Crippen LogP contribution in [0.2, 0.25) is 0 Å². The molecule has 0 saturated carbocycles. The molecule has 4 bridgehead atoms. The molecule has 15 nitrogen and oxygen atoms in total. The molecule has 15 heteroatoms. The molecule has 9 atom stereocenters. The van der Waals surface area contributed by atoms with Crippen LogP contribution in [0.15, 0.2) is 46.1 Å². The van der Waals surface area contributed by atoms with Crippen LogP contribution in [-0.4, -0.2) is 106 Å². The number of carbonyl (C=O) groups is 3. The molecule has 0 radical (unpaired) electrons. The average molecular weight is 833 g/mol. The molecule has 60 heavy (non-hydrogen) atoms. The summed E-state index contributed by atoms with van der Waals surface area (Å²) in [5, 5.41) is 50.1. The van der Waals surface area contributed by atoms with Crippen LogP contribution in [0, 0.1) is 30.6 Å². The summed E-state index contributed by atoms with van der Waals surface area (Å²) in [6, 6.07) is 0. The van der Waals surface area contributed by atoms with Crippen LogP contribution in [0.25, 0.3) is 10.8 Å². The Morgan fingerprint density at radius 1 is 0.967 bits per heavy atom. The lowest BCUT2D eigenvalue weighted by Gasteiger charge is -2.38. The number of piperidine rings is 1. The normalized spacial score (nSPS) is 31.0. The minimum Gasteiger partial charge on any atom is -0.507 e. The van der Waals surface area contributed by atoms with Gasteiger partial charge in [-0.3, -0.25) is 24.4 Å². The number of phenols is 2. The third-order valence-electron chi connectivity index (χ3n) is 12.8. The predicted molar refractivity (Wildman–Crippen MR) is 223 cm³/mol. The van der Waals surface area contributed by atoms with Crippen LogP contribution in [0.1, 0.15) is 90.6 Å². The zero-order chi connectivity index (χ0) is 44.0. The lowest BCUT2D eigenvalue weighted by atomic mass is 9.78. The van der Waals surface area contributed by atoms with Crippen molar-refractivity contribution < 1.29 is 53.8 Å². The number of phenolic OH excluding ortho intramolecular Hbond substituents is 2. The first-order valence-electron chi connectivity index (χ1n) is 20.9. The number of benzene rings is 2. The summed E-state index contributed by atoms with van der Waals surface area (Å²) in [5.74, 6) is -6.89. The maximum atomic E-state index is 14.7. The number of anilines is 1. The van der Waals surface area contributed by atoms with E-state index in [1.165, 1.54) is 27.2 Å². The third kappa shape index (κ3) is 8.04. The number of allylic oxidation sites excluding steroid dienone is 2. The lowest BCUT2D eigenvalue weighted by Crippen LogP contribution is -2.46. The molecule has 0 unspecified atom stereocenters. The van der Waals surface area contributed by atoms with Crippen LogP contribution >= 0.6 is 0 Å². The third-order valence-corrected chi connectivity index (χ3v) is 12.8. The average Bonchev–Trinajstić information content (AvgIpc) is 3.71. The van der Waals surface area contributed by atoms with Crippen molar-refractivity contribution in [2.75, 3.05) is 32.1 Å². The first kappa shape index (κ1) is 44.7. The van der Waals surface area contributed by atoms with Crippen molar-refractivity contribution in [3.8, 4) is 17.2 Å². The lowest BCUT2D eigenvalue weighted by molar-refractivity contribution is -0.160. The number of aliphatic hydroxyl groups is 2. The number of amides is 1. The maximum absolute atomic E-state index is 14.7. The number of methoxy groups -OCH3 is 1. The second-order valence-corrected chi connectivity index (χ2v) is 17.1. The Kier molecular flexibility index (Phi) is 12.9. The topological polar surface area (TPSA) is 209 Å². The number of aliphatic hydroxyl groups excluding tert-OH is 2. The summed E-state index contributed by atoms with van der Waals surface area (Å²) in [5.41, 5.74) is -0.557. The van der Waals surface area contributed by atoms with Crippen LogP contribution in [0.3, 0.4) is 0 Å². The van der Waals surface area contributed by atoms with Crippen LogP contribution in [0.5, 0.6) is 17.2 Å². The van der Waals surface area contributed by atoms with Crippen LogP contribution in [-0.2, 0) is 23.8 Å². The van der Waals surface area contributed by atoms with Gasteiger partial charge >= 0.3 is 11.8 Å². The highest BCUT2D eigenvalue weighted by Crippen LogP contribution is 2.50. The predicted octanol–water partition coefficient (Wildman–Crippen LogP) is 4.50. The Morgan fingerprint density at radius 2 is 1.63 bits per heavy atom. The monoisotopic (exact) mass is 832 g/mol. The number of rotatable bonds is 4. The Labute approximate surface area is 350 Å². The number of aromatic hydroxyl groups is 2. The number of esters is 1. The molecule has 6 rings (SSSR count). The number of carbonyl (C=O) groups excluding carboxylic acids is 3.